The summed E-state index contributed by atoms with van der Waals surface area (Å²) < 4.78 is 18.0. The molecule has 0 atom stereocenters. The fourth-order valence-corrected chi connectivity index (χ4v) is 4.63. The number of carboxylic acid groups (broad SMARTS) is 1. The molecule has 0 amide bonds. The minimum atomic E-state index is -0.794. The molecule has 6 heteroatoms. The van der Waals surface area contributed by atoms with Crippen LogP contribution in [0.15, 0.2) is 52.9 Å². The number of hydrogen-bond donors (Lipinski definition) is 1. The lowest BCUT2D eigenvalue weighted by Crippen LogP contribution is -2.13. The van der Waals surface area contributed by atoms with Crippen molar-refractivity contribution in [2.24, 2.45) is 5.92 Å². The molecule has 1 aliphatic rings. The molecule has 3 aromatic rings. The Balaban J connectivity index is 1.35. The van der Waals surface area contributed by atoms with E-state index >= 15 is 0 Å². The molecule has 0 unspecified atom stereocenters. The molecule has 0 radical (unpaired) electrons. The normalized spacial score (nSPS) is 14.2. The number of aliphatic carboxylic acids is 1. The highest BCUT2D eigenvalue weighted by Crippen LogP contribution is 2.26. The lowest BCUT2D eigenvalue weighted by molar-refractivity contribution is -0.136. The largest absolute Gasteiger partial charge is 0.493 e. The van der Waals surface area contributed by atoms with Crippen molar-refractivity contribution in [3.63, 3.8) is 0 Å². The number of aromatic nitrogens is 1. The highest BCUT2D eigenvalue weighted by molar-refractivity contribution is 5.67. The van der Waals surface area contributed by atoms with Crippen LogP contribution in [0, 0.1) is 12.8 Å². The molecule has 1 fully saturated rings. The molecule has 0 saturated heterocycles. The number of benzene rings is 2. The second-order valence-electron chi connectivity index (χ2n) is 9.33. The molecular weight excluding hydrogens is 442 g/mol. The van der Waals surface area contributed by atoms with Gasteiger partial charge in [-0.3, -0.25) is 4.79 Å². The summed E-state index contributed by atoms with van der Waals surface area (Å²) in [5, 5.41) is 9.12. The third-order valence-electron chi connectivity index (χ3n) is 6.64. The number of nitrogens with zero attached hydrogens (tertiary/aromatic N) is 1. The number of rotatable bonds is 12. The van der Waals surface area contributed by atoms with Crippen molar-refractivity contribution in [2.45, 2.75) is 64.9 Å². The van der Waals surface area contributed by atoms with E-state index in [1.165, 1.54) is 32.1 Å². The maximum absolute atomic E-state index is 11.1. The minimum Gasteiger partial charge on any atom is -0.493 e. The molecule has 1 aliphatic carbocycles. The van der Waals surface area contributed by atoms with Gasteiger partial charge in [-0.2, -0.15) is 0 Å². The first kappa shape index (κ1) is 25.0. The van der Waals surface area contributed by atoms with E-state index in [1.807, 2.05) is 55.5 Å². The quantitative estimate of drug-likeness (QED) is 0.326. The topological polar surface area (TPSA) is 81.8 Å². The Morgan fingerprint density at radius 3 is 2.63 bits per heavy atom. The molecule has 6 nitrogen and oxygen atoms in total. The van der Waals surface area contributed by atoms with Gasteiger partial charge in [0, 0.05) is 25.0 Å². The van der Waals surface area contributed by atoms with Gasteiger partial charge in [0.2, 0.25) is 5.89 Å². The Morgan fingerprint density at radius 2 is 1.86 bits per heavy atom. The Morgan fingerprint density at radius 1 is 1.06 bits per heavy atom. The van der Waals surface area contributed by atoms with Crippen molar-refractivity contribution >= 4 is 5.97 Å². The summed E-state index contributed by atoms with van der Waals surface area (Å²) in [6.07, 6.45) is 7.61. The van der Waals surface area contributed by atoms with Crippen LogP contribution in [0.4, 0.5) is 0 Å². The molecule has 35 heavy (non-hydrogen) atoms. The van der Waals surface area contributed by atoms with Gasteiger partial charge < -0.3 is 19.0 Å². The van der Waals surface area contributed by atoms with Crippen LogP contribution in [0.5, 0.6) is 5.75 Å². The molecule has 4 rings (SSSR count). The molecule has 186 valence electrons. The van der Waals surface area contributed by atoms with Gasteiger partial charge in [-0.25, -0.2) is 4.98 Å². The summed E-state index contributed by atoms with van der Waals surface area (Å²) in [7, 11) is 0. The smallest absolute Gasteiger partial charge is 0.303 e. The predicted molar refractivity (Wildman–Crippen MR) is 135 cm³/mol. The monoisotopic (exact) mass is 477 g/mol. The number of ether oxygens (including phenoxy) is 2. The first-order valence-corrected chi connectivity index (χ1v) is 12.6. The molecule has 1 heterocycles. The predicted octanol–water partition coefficient (Wildman–Crippen LogP) is 6.39. The molecule has 0 spiro atoms. The first-order chi connectivity index (χ1) is 17.1. The van der Waals surface area contributed by atoms with Gasteiger partial charge in [0.25, 0.3) is 0 Å². The van der Waals surface area contributed by atoms with Crippen LogP contribution in [0.1, 0.15) is 61.1 Å². The maximum Gasteiger partial charge on any atom is 0.303 e. The lowest BCUT2D eigenvalue weighted by atomic mass is 9.90. The van der Waals surface area contributed by atoms with Gasteiger partial charge in [-0.05, 0) is 67.5 Å². The van der Waals surface area contributed by atoms with Crippen molar-refractivity contribution in [3.8, 4) is 17.2 Å². The van der Waals surface area contributed by atoms with E-state index < -0.39 is 5.97 Å². The Labute approximate surface area is 207 Å². The standard InChI is InChI=1S/C29H35NO5/c1-21-27(30-29(35-21)24-10-6-3-7-11-24)16-17-34-26-14-12-23(13-15-28(31)32)25(18-26)20-33-19-22-8-4-2-5-9-22/h3,6-7,10-12,14,18,22H,2,4-5,8-9,13,15-17,19-20H2,1H3,(H,31,32). The van der Waals surface area contributed by atoms with Gasteiger partial charge in [0.15, 0.2) is 0 Å². The molecular formula is C29H35NO5. The lowest BCUT2D eigenvalue weighted by Gasteiger charge is -2.21. The van der Waals surface area contributed by atoms with Gasteiger partial charge in [0.1, 0.15) is 11.5 Å². The van der Waals surface area contributed by atoms with Crippen LogP contribution >= 0.6 is 0 Å². The average Bonchev–Trinajstić information content (AvgIpc) is 3.25. The molecule has 1 aromatic heterocycles. The summed E-state index contributed by atoms with van der Waals surface area (Å²) in [5.74, 6) is 2.02. The van der Waals surface area contributed by atoms with Gasteiger partial charge in [0.05, 0.1) is 18.9 Å². The molecule has 0 bridgehead atoms. The highest BCUT2D eigenvalue weighted by Gasteiger charge is 2.15. The number of carboxylic acids is 1. The third kappa shape index (κ3) is 7.43. The second-order valence-corrected chi connectivity index (χ2v) is 9.33. The summed E-state index contributed by atoms with van der Waals surface area (Å²) in [6.45, 7) is 3.64. The maximum atomic E-state index is 11.1. The third-order valence-corrected chi connectivity index (χ3v) is 6.64. The highest BCUT2D eigenvalue weighted by atomic mass is 16.5. The Bertz CT molecular complexity index is 1090. The fourth-order valence-electron chi connectivity index (χ4n) is 4.63. The van der Waals surface area contributed by atoms with Crippen molar-refractivity contribution < 1.29 is 23.8 Å². The van der Waals surface area contributed by atoms with Crippen LogP contribution in [0.25, 0.3) is 11.5 Å². The van der Waals surface area contributed by atoms with E-state index in [0.717, 1.165) is 40.5 Å². The van der Waals surface area contributed by atoms with Crippen LogP contribution in [0.2, 0.25) is 0 Å². The summed E-state index contributed by atoms with van der Waals surface area (Å²) in [5.41, 5.74) is 3.85. The van der Waals surface area contributed by atoms with E-state index in [2.05, 4.69) is 4.98 Å². The molecule has 0 aliphatic heterocycles. The van der Waals surface area contributed by atoms with Crippen LogP contribution < -0.4 is 4.74 Å². The van der Waals surface area contributed by atoms with Crippen LogP contribution in [0.3, 0.4) is 0 Å². The summed E-state index contributed by atoms with van der Waals surface area (Å²) in [6, 6.07) is 15.7. The number of oxazole rings is 1. The molecule has 1 N–H and O–H groups in total. The van der Waals surface area contributed by atoms with Crippen LogP contribution in [-0.2, 0) is 29.0 Å². The Hall–Kier alpha value is -3.12. The fraction of sp³-hybridized carbons (Fsp3) is 0.448. The van der Waals surface area contributed by atoms with E-state index in [4.69, 9.17) is 19.0 Å². The Kier molecular flexibility index (Phi) is 8.96. The van der Waals surface area contributed by atoms with Crippen molar-refractivity contribution in [3.05, 3.63) is 71.1 Å². The van der Waals surface area contributed by atoms with E-state index in [9.17, 15) is 4.79 Å². The van der Waals surface area contributed by atoms with Gasteiger partial charge >= 0.3 is 5.97 Å². The van der Waals surface area contributed by atoms with Crippen molar-refractivity contribution in [1.29, 1.82) is 0 Å². The van der Waals surface area contributed by atoms with E-state index in [1.54, 1.807) is 0 Å². The number of aryl methyl sites for hydroxylation is 2. The summed E-state index contributed by atoms with van der Waals surface area (Å²) >= 11 is 0. The number of hydrogen-bond acceptors (Lipinski definition) is 5. The zero-order chi connectivity index (χ0) is 24.5. The van der Waals surface area contributed by atoms with Crippen molar-refractivity contribution in [2.75, 3.05) is 13.2 Å². The first-order valence-electron chi connectivity index (χ1n) is 12.6. The van der Waals surface area contributed by atoms with Gasteiger partial charge in [-0.15, -0.1) is 0 Å². The zero-order valence-electron chi connectivity index (χ0n) is 20.5. The van der Waals surface area contributed by atoms with E-state index in [-0.39, 0.29) is 6.42 Å². The number of carbonyl (C=O) groups is 1. The molecule has 2 aromatic carbocycles. The average molecular weight is 478 g/mol. The molecule has 1 saturated carbocycles. The van der Waals surface area contributed by atoms with Crippen LogP contribution in [-0.4, -0.2) is 29.3 Å². The van der Waals surface area contributed by atoms with Crippen molar-refractivity contribution in [1.82, 2.24) is 4.98 Å². The van der Waals surface area contributed by atoms with Gasteiger partial charge in [-0.1, -0.05) is 43.5 Å². The zero-order valence-corrected chi connectivity index (χ0v) is 20.5. The SMILES string of the molecule is Cc1oc(-c2ccccc2)nc1CCOc1ccc(CCC(=O)O)c(COCC2CCCCC2)c1. The second kappa shape index (κ2) is 12.5. The van der Waals surface area contributed by atoms with E-state index in [0.29, 0.717) is 37.9 Å². The summed E-state index contributed by atoms with van der Waals surface area (Å²) in [4.78, 5) is 15.7. The minimum absolute atomic E-state index is 0.102.